The molecule has 1 fully saturated rings. The molecule has 1 aromatic heterocycles. The van der Waals surface area contributed by atoms with Gasteiger partial charge in [-0.15, -0.1) is 0 Å². The molecule has 0 amide bonds. The highest BCUT2D eigenvalue weighted by molar-refractivity contribution is 6.35. The van der Waals surface area contributed by atoms with Gasteiger partial charge in [0.05, 0.1) is 18.7 Å². The number of ether oxygens (including phenoxy) is 1. The van der Waals surface area contributed by atoms with Crippen molar-refractivity contribution >= 4 is 40.1 Å². The zero-order chi connectivity index (χ0) is 27.8. The number of benzene rings is 2. The lowest BCUT2D eigenvalue weighted by atomic mass is 9.79. The summed E-state index contributed by atoms with van der Waals surface area (Å²) < 4.78 is 5.38. The van der Waals surface area contributed by atoms with E-state index in [4.69, 9.17) is 27.9 Å². The zero-order valence-electron chi connectivity index (χ0n) is 22.5. The van der Waals surface area contributed by atoms with E-state index in [1.807, 2.05) is 42.5 Å². The third kappa shape index (κ3) is 8.07. The van der Waals surface area contributed by atoms with Gasteiger partial charge in [-0.05, 0) is 117 Å². The fourth-order valence-corrected chi connectivity index (χ4v) is 6.46. The monoisotopic (exact) mass is 572 g/mol. The van der Waals surface area contributed by atoms with Crippen LogP contribution in [0.3, 0.4) is 0 Å². The van der Waals surface area contributed by atoms with Crippen LogP contribution in [0.4, 0.5) is 0 Å². The zero-order valence-corrected chi connectivity index (χ0v) is 24.0. The molecule has 8 heteroatoms. The van der Waals surface area contributed by atoms with Crippen molar-refractivity contribution in [2.45, 2.75) is 57.5 Å². The number of hydrogen-bond donors (Lipinski definition) is 2. The number of carboxylic acids is 1. The second-order valence-corrected chi connectivity index (χ2v) is 11.4. The fraction of sp³-hybridized carbons (Fsp3) is 0.484. The topological polar surface area (TPSA) is 82.9 Å². The van der Waals surface area contributed by atoms with Crippen LogP contribution in [0.1, 0.15) is 62.2 Å². The molecule has 1 unspecified atom stereocenters. The number of carboxylic acid groups (broad SMARTS) is 1. The Morgan fingerprint density at radius 2 is 1.92 bits per heavy atom. The van der Waals surface area contributed by atoms with Crippen LogP contribution >= 0.6 is 23.2 Å². The molecule has 0 aliphatic carbocycles. The molecule has 39 heavy (non-hydrogen) atoms. The Morgan fingerprint density at radius 3 is 2.67 bits per heavy atom. The number of aliphatic carboxylic acids is 1. The summed E-state index contributed by atoms with van der Waals surface area (Å²) in [7, 11) is 1.63. The van der Waals surface area contributed by atoms with Crippen molar-refractivity contribution in [2.75, 3.05) is 26.7 Å². The predicted octanol–water partition coefficient (Wildman–Crippen LogP) is 7.19. The van der Waals surface area contributed by atoms with E-state index in [1.54, 1.807) is 13.3 Å². The van der Waals surface area contributed by atoms with Gasteiger partial charge in [0.25, 0.3) is 0 Å². The fourth-order valence-electron chi connectivity index (χ4n) is 5.88. The molecular formula is C31H38Cl2N2O4. The molecule has 1 aliphatic heterocycles. The largest absolute Gasteiger partial charge is 0.497 e. The number of halogens is 2. The molecule has 3 aromatic rings. The quantitative estimate of drug-likeness (QED) is 0.211. The summed E-state index contributed by atoms with van der Waals surface area (Å²) in [4.78, 5) is 18.3. The van der Waals surface area contributed by atoms with E-state index in [-0.39, 0.29) is 6.42 Å². The van der Waals surface area contributed by atoms with Crippen molar-refractivity contribution in [3.8, 4) is 5.75 Å². The molecule has 3 atom stereocenters. The first-order valence-electron chi connectivity index (χ1n) is 13.8. The first-order chi connectivity index (χ1) is 18.9. The van der Waals surface area contributed by atoms with E-state index < -0.39 is 12.1 Å². The number of aliphatic hydroxyl groups excluding tert-OH is 1. The molecule has 2 aromatic carbocycles. The first-order valence-corrected chi connectivity index (χ1v) is 14.6. The second-order valence-electron chi connectivity index (χ2n) is 10.6. The number of nitrogens with zero attached hydrogens (tertiary/aromatic N) is 2. The number of unbranched alkanes of at least 4 members (excludes halogenated alkanes) is 1. The van der Waals surface area contributed by atoms with Crippen LogP contribution in [-0.2, 0) is 11.2 Å². The van der Waals surface area contributed by atoms with E-state index >= 15 is 0 Å². The van der Waals surface area contributed by atoms with Crippen LogP contribution in [0.5, 0.6) is 5.75 Å². The Morgan fingerprint density at radius 1 is 1.13 bits per heavy atom. The number of fused-ring (bicyclic) bond motifs is 1. The van der Waals surface area contributed by atoms with Crippen molar-refractivity contribution < 1.29 is 19.7 Å². The molecule has 1 aliphatic rings. The average Bonchev–Trinajstić information content (AvgIpc) is 2.93. The standard InChI is InChI=1S/C31H38Cl2N2O4/c1-39-23-10-11-29-26(19-23)24(14-16-34-29)30(36)12-8-21-15-18-35(20-22(21)9-13-31(37)38)17-3-2-5-25-27(32)6-4-7-28(25)33/h4,6-7,10-11,14,16,19,21-22,30,36H,2-3,5,8-9,12-13,15,17-18,20H2,1H3,(H,37,38)/t21-,22+,30?/m1/s1. The van der Waals surface area contributed by atoms with E-state index in [1.165, 1.54) is 0 Å². The van der Waals surface area contributed by atoms with Gasteiger partial charge in [0.1, 0.15) is 5.75 Å². The van der Waals surface area contributed by atoms with E-state index in [9.17, 15) is 15.0 Å². The maximum absolute atomic E-state index is 11.4. The molecule has 0 bridgehead atoms. The van der Waals surface area contributed by atoms with Crippen molar-refractivity contribution in [1.29, 1.82) is 0 Å². The SMILES string of the molecule is COc1ccc2nccc(C(O)CC[C@@H]3CCN(CCCCc4c(Cl)cccc4Cl)C[C@@H]3CCC(=O)O)c2c1. The average molecular weight is 574 g/mol. The summed E-state index contributed by atoms with van der Waals surface area (Å²) in [5.74, 6) is 0.675. The summed E-state index contributed by atoms with van der Waals surface area (Å²) in [6.45, 7) is 2.87. The Bertz CT molecular complexity index is 1230. The summed E-state index contributed by atoms with van der Waals surface area (Å²) in [5, 5.41) is 22.8. The molecule has 210 valence electrons. The Balaban J connectivity index is 1.32. The number of likely N-dealkylation sites (tertiary alicyclic amines) is 1. The van der Waals surface area contributed by atoms with Gasteiger partial charge in [0, 0.05) is 34.6 Å². The van der Waals surface area contributed by atoms with Gasteiger partial charge in [0.2, 0.25) is 0 Å². The lowest BCUT2D eigenvalue weighted by molar-refractivity contribution is -0.137. The van der Waals surface area contributed by atoms with Crippen LogP contribution < -0.4 is 4.74 Å². The first kappa shape index (κ1) is 29.6. The molecule has 0 saturated carbocycles. The maximum atomic E-state index is 11.4. The third-order valence-corrected chi connectivity index (χ3v) is 8.78. The summed E-state index contributed by atoms with van der Waals surface area (Å²) >= 11 is 12.6. The maximum Gasteiger partial charge on any atom is 0.303 e. The smallest absolute Gasteiger partial charge is 0.303 e. The van der Waals surface area contributed by atoms with Crippen molar-refractivity contribution in [3.05, 3.63) is 69.8 Å². The highest BCUT2D eigenvalue weighted by Crippen LogP contribution is 2.35. The number of aromatic nitrogens is 1. The number of rotatable bonds is 13. The molecule has 0 spiro atoms. The molecule has 2 N–H and O–H groups in total. The van der Waals surface area contributed by atoms with Crippen LogP contribution in [0.15, 0.2) is 48.7 Å². The second kappa shape index (κ2) is 14.3. The number of piperidine rings is 1. The number of pyridine rings is 1. The van der Waals surface area contributed by atoms with Crippen LogP contribution in [0.2, 0.25) is 10.0 Å². The minimum Gasteiger partial charge on any atom is -0.497 e. The normalized spacial score (nSPS) is 18.8. The lowest BCUT2D eigenvalue weighted by Gasteiger charge is -2.39. The third-order valence-electron chi connectivity index (χ3n) is 8.07. The van der Waals surface area contributed by atoms with Crippen molar-refractivity contribution in [1.82, 2.24) is 9.88 Å². The summed E-state index contributed by atoms with van der Waals surface area (Å²) in [6.07, 6.45) is 7.35. The number of aliphatic hydroxyl groups is 1. The van der Waals surface area contributed by atoms with Gasteiger partial charge in [-0.3, -0.25) is 9.78 Å². The van der Waals surface area contributed by atoms with Gasteiger partial charge in [-0.2, -0.15) is 0 Å². The minimum absolute atomic E-state index is 0.178. The van der Waals surface area contributed by atoms with Crippen LogP contribution in [0.25, 0.3) is 10.9 Å². The van der Waals surface area contributed by atoms with Crippen LogP contribution in [-0.4, -0.2) is 52.8 Å². The number of carbonyl (C=O) groups is 1. The molecule has 6 nitrogen and oxygen atoms in total. The minimum atomic E-state index is -0.750. The highest BCUT2D eigenvalue weighted by Gasteiger charge is 2.30. The van der Waals surface area contributed by atoms with Crippen molar-refractivity contribution in [2.24, 2.45) is 11.8 Å². The van der Waals surface area contributed by atoms with E-state index in [2.05, 4.69) is 9.88 Å². The molecule has 4 rings (SSSR count). The van der Waals surface area contributed by atoms with Gasteiger partial charge in [-0.25, -0.2) is 0 Å². The van der Waals surface area contributed by atoms with Gasteiger partial charge in [-0.1, -0.05) is 29.3 Å². The van der Waals surface area contributed by atoms with Crippen molar-refractivity contribution in [3.63, 3.8) is 0 Å². The molecule has 1 saturated heterocycles. The highest BCUT2D eigenvalue weighted by atomic mass is 35.5. The van der Waals surface area contributed by atoms with Gasteiger partial charge < -0.3 is 19.8 Å². The molecule has 2 heterocycles. The lowest BCUT2D eigenvalue weighted by Crippen LogP contribution is -2.41. The Hall–Kier alpha value is -2.38. The Labute approximate surface area is 240 Å². The Kier molecular flexibility index (Phi) is 10.9. The number of methoxy groups -OCH3 is 1. The number of hydrogen-bond acceptors (Lipinski definition) is 5. The van der Waals surface area contributed by atoms with Gasteiger partial charge >= 0.3 is 5.97 Å². The van der Waals surface area contributed by atoms with E-state index in [0.29, 0.717) is 24.7 Å². The summed E-state index contributed by atoms with van der Waals surface area (Å²) in [6, 6.07) is 13.2. The van der Waals surface area contributed by atoms with Gasteiger partial charge in [0.15, 0.2) is 0 Å². The summed E-state index contributed by atoms with van der Waals surface area (Å²) in [5.41, 5.74) is 2.70. The van der Waals surface area contributed by atoms with Crippen LogP contribution in [0, 0.1) is 11.8 Å². The molecular weight excluding hydrogens is 535 g/mol. The van der Waals surface area contributed by atoms with E-state index in [0.717, 1.165) is 89.6 Å². The molecule has 0 radical (unpaired) electrons. The predicted molar refractivity (Wildman–Crippen MR) is 157 cm³/mol.